The molecule has 1 aromatic rings. The van der Waals surface area contributed by atoms with Crippen LogP contribution in [-0.2, 0) is 11.3 Å². The summed E-state index contributed by atoms with van der Waals surface area (Å²) in [6.45, 7) is 3.55. The van der Waals surface area contributed by atoms with Gasteiger partial charge in [0, 0.05) is 13.0 Å². The topological polar surface area (TPSA) is 84.1 Å². The first-order valence-corrected chi connectivity index (χ1v) is 6.57. The summed E-state index contributed by atoms with van der Waals surface area (Å²) in [5.41, 5.74) is 2.46. The molecule has 1 aliphatic rings. The third-order valence-corrected chi connectivity index (χ3v) is 3.85. The normalized spacial score (nSPS) is 21.4. The fourth-order valence-electron chi connectivity index (χ4n) is 1.88. The minimum Gasteiger partial charge on any atom is -0.336 e. The number of nitrogens with two attached hydrogens (primary N) is 1. The number of rotatable bonds is 3. The monoisotopic (exact) mass is 255 g/mol. The molecule has 17 heavy (non-hydrogen) atoms. The Labute approximate surface area is 104 Å². The van der Waals surface area contributed by atoms with Crippen LogP contribution < -0.4 is 11.3 Å². The minimum atomic E-state index is 0.215. The van der Waals surface area contributed by atoms with E-state index in [-0.39, 0.29) is 5.91 Å². The highest BCUT2D eigenvalue weighted by atomic mass is 32.1. The lowest BCUT2D eigenvalue weighted by Crippen LogP contribution is -2.29. The summed E-state index contributed by atoms with van der Waals surface area (Å²) in [4.78, 5) is 13.7. The molecule has 6 nitrogen and oxygen atoms in total. The van der Waals surface area contributed by atoms with Crippen LogP contribution in [0.3, 0.4) is 0 Å². The molecule has 1 atom stereocenters. The molecule has 0 aliphatic carbocycles. The van der Waals surface area contributed by atoms with E-state index in [0.717, 1.165) is 24.4 Å². The van der Waals surface area contributed by atoms with E-state index in [0.29, 0.717) is 24.0 Å². The highest BCUT2D eigenvalue weighted by Gasteiger charge is 2.21. The fourth-order valence-corrected chi connectivity index (χ4v) is 2.55. The third-order valence-electron chi connectivity index (χ3n) is 3.01. The van der Waals surface area contributed by atoms with Crippen LogP contribution in [0, 0.1) is 5.92 Å². The van der Waals surface area contributed by atoms with Gasteiger partial charge in [0.2, 0.25) is 11.0 Å². The Kier molecular flexibility index (Phi) is 3.90. The number of anilines is 1. The van der Waals surface area contributed by atoms with E-state index in [2.05, 4.69) is 22.5 Å². The Hall–Kier alpha value is -1.21. The SMILES string of the molecule is CC1CCC(=O)N(Cc2nnc(NN)s2)CC1. The van der Waals surface area contributed by atoms with Crippen molar-refractivity contribution in [1.29, 1.82) is 0 Å². The van der Waals surface area contributed by atoms with Crippen molar-refractivity contribution in [2.75, 3.05) is 12.0 Å². The van der Waals surface area contributed by atoms with Gasteiger partial charge in [0.15, 0.2) is 0 Å². The molecule has 1 aromatic heterocycles. The number of nitrogens with zero attached hydrogens (tertiary/aromatic N) is 3. The largest absolute Gasteiger partial charge is 0.336 e. The van der Waals surface area contributed by atoms with Crippen LogP contribution in [0.2, 0.25) is 0 Å². The zero-order valence-corrected chi connectivity index (χ0v) is 10.7. The predicted octanol–water partition coefficient (Wildman–Crippen LogP) is 0.972. The van der Waals surface area contributed by atoms with E-state index < -0.39 is 0 Å². The molecule has 1 saturated heterocycles. The summed E-state index contributed by atoms with van der Waals surface area (Å²) in [6.07, 6.45) is 2.69. The second kappa shape index (κ2) is 5.42. The summed E-state index contributed by atoms with van der Waals surface area (Å²) in [5, 5.41) is 9.25. The van der Waals surface area contributed by atoms with Gasteiger partial charge >= 0.3 is 0 Å². The van der Waals surface area contributed by atoms with Crippen molar-refractivity contribution in [2.45, 2.75) is 32.7 Å². The molecule has 1 aliphatic heterocycles. The lowest BCUT2D eigenvalue weighted by molar-refractivity contribution is -0.131. The van der Waals surface area contributed by atoms with Gasteiger partial charge in [-0.15, -0.1) is 10.2 Å². The number of hydrazine groups is 1. The number of carbonyl (C=O) groups excluding carboxylic acids is 1. The Bertz CT molecular complexity index is 394. The van der Waals surface area contributed by atoms with Gasteiger partial charge in [0.25, 0.3) is 0 Å². The van der Waals surface area contributed by atoms with Gasteiger partial charge in [-0.25, -0.2) is 5.84 Å². The Morgan fingerprint density at radius 2 is 2.35 bits per heavy atom. The second-order valence-electron chi connectivity index (χ2n) is 4.39. The number of hydrogen-bond acceptors (Lipinski definition) is 6. The smallest absolute Gasteiger partial charge is 0.222 e. The van der Waals surface area contributed by atoms with Crippen molar-refractivity contribution >= 4 is 22.4 Å². The van der Waals surface area contributed by atoms with Gasteiger partial charge < -0.3 is 4.90 Å². The van der Waals surface area contributed by atoms with Crippen molar-refractivity contribution in [3.8, 4) is 0 Å². The number of amides is 1. The Morgan fingerprint density at radius 1 is 1.53 bits per heavy atom. The zero-order valence-electron chi connectivity index (χ0n) is 9.85. The van der Waals surface area contributed by atoms with E-state index in [1.165, 1.54) is 11.3 Å². The molecule has 7 heteroatoms. The standard InChI is InChI=1S/C10H17N5OS/c1-7-2-3-9(16)15(5-4-7)6-8-13-14-10(12-11)17-8/h7H,2-6,11H2,1H3,(H,12,14). The molecule has 3 N–H and O–H groups in total. The first-order valence-electron chi connectivity index (χ1n) is 5.76. The molecule has 1 unspecified atom stereocenters. The number of likely N-dealkylation sites (tertiary alicyclic amines) is 1. The van der Waals surface area contributed by atoms with Gasteiger partial charge in [-0.2, -0.15) is 0 Å². The van der Waals surface area contributed by atoms with E-state index in [1.54, 1.807) is 0 Å². The van der Waals surface area contributed by atoms with Crippen molar-refractivity contribution in [3.63, 3.8) is 0 Å². The van der Waals surface area contributed by atoms with Gasteiger partial charge in [0.05, 0.1) is 6.54 Å². The second-order valence-corrected chi connectivity index (χ2v) is 5.46. The molecule has 94 valence electrons. The summed E-state index contributed by atoms with van der Waals surface area (Å²) in [6, 6.07) is 0. The molecule has 1 amide bonds. The van der Waals surface area contributed by atoms with Gasteiger partial charge in [-0.05, 0) is 18.8 Å². The van der Waals surface area contributed by atoms with Crippen LogP contribution >= 0.6 is 11.3 Å². The first kappa shape index (κ1) is 12.3. The molecule has 0 saturated carbocycles. The molecule has 2 heterocycles. The maximum atomic E-state index is 11.9. The maximum absolute atomic E-state index is 11.9. The lowest BCUT2D eigenvalue weighted by atomic mass is 10.0. The summed E-state index contributed by atoms with van der Waals surface area (Å²) >= 11 is 1.38. The van der Waals surface area contributed by atoms with Crippen LogP contribution in [0.1, 0.15) is 31.2 Å². The molecule has 2 rings (SSSR count). The third kappa shape index (κ3) is 3.13. The van der Waals surface area contributed by atoms with Gasteiger partial charge in [0.1, 0.15) is 5.01 Å². The van der Waals surface area contributed by atoms with E-state index in [9.17, 15) is 4.79 Å². The van der Waals surface area contributed by atoms with E-state index in [1.807, 2.05) is 4.90 Å². The Morgan fingerprint density at radius 3 is 3.06 bits per heavy atom. The minimum absolute atomic E-state index is 0.215. The van der Waals surface area contributed by atoms with Crippen LogP contribution in [-0.4, -0.2) is 27.5 Å². The van der Waals surface area contributed by atoms with Crippen molar-refractivity contribution < 1.29 is 4.79 Å². The van der Waals surface area contributed by atoms with Crippen LogP contribution in [0.5, 0.6) is 0 Å². The molecule has 0 radical (unpaired) electrons. The molecular weight excluding hydrogens is 238 g/mol. The summed E-state index contributed by atoms with van der Waals surface area (Å²) < 4.78 is 0. The van der Waals surface area contributed by atoms with Gasteiger partial charge in [-0.3, -0.25) is 10.2 Å². The molecule has 0 spiro atoms. The van der Waals surface area contributed by atoms with Crippen molar-refractivity contribution in [3.05, 3.63) is 5.01 Å². The average molecular weight is 255 g/mol. The zero-order chi connectivity index (χ0) is 12.3. The van der Waals surface area contributed by atoms with Crippen LogP contribution in [0.4, 0.5) is 5.13 Å². The number of hydrogen-bond donors (Lipinski definition) is 2. The molecule has 1 fully saturated rings. The number of aromatic nitrogens is 2. The fraction of sp³-hybridized carbons (Fsp3) is 0.700. The summed E-state index contributed by atoms with van der Waals surface area (Å²) in [5.74, 6) is 6.08. The molecule has 0 bridgehead atoms. The highest BCUT2D eigenvalue weighted by molar-refractivity contribution is 7.15. The van der Waals surface area contributed by atoms with Crippen molar-refractivity contribution in [2.24, 2.45) is 11.8 Å². The first-order chi connectivity index (χ1) is 8.19. The lowest BCUT2D eigenvalue weighted by Gasteiger charge is -2.18. The average Bonchev–Trinajstić information content (AvgIpc) is 2.72. The Balaban J connectivity index is 1.99. The predicted molar refractivity (Wildman–Crippen MR) is 66.2 cm³/mol. The van der Waals surface area contributed by atoms with Crippen LogP contribution in [0.15, 0.2) is 0 Å². The number of nitrogen functional groups attached to an aromatic ring is 1. The van der Waals surface area contributed by atoms with Gasteiger partial charge in [-0.1, -0.05) is 18.3 Å². The van der Waals surface area contributed by atoms with Crippen molar-refractivity contribution in [1.82, 2.24) is 15.1 Å². The summed E-state index contributed by atoms with van der Waals surface area (Å²) in [7, 11) is 0. The molecule has 0 aromatic carbocycles. The van der Waals surface area contributed by atoms with Crippen LogP contribution in [0.25, 0.3) is 0 Å². The maximum Gasteiger partial charge on any atom is 0.222 e. The highest BCUT2D eigenvalue weighted by Crippen LogP contribution is 2.21. The number of nitrogens with one attached hydrogen (secondary N) is 1. The number of carbonyl (C=O) groups is 1. The van der Waals surface area contributed by atoms with E-state index in [4.69, 9.17) is 5.84 Å². The molecular formula is C10H17N5OS. The quantitative estimate of drug-likeness (QED) is 0.621. The van der Waals surface area contributed by atoms with E-state index >= 15 is 0 Å².